The van der Waals surface area contributed by atoms with Crippen LogP contribution in [-0.4, -0.2) is 4.57 Å². The molecule has 11 aromatic rings. The molecule has 0 bridgehead atoms. The minimum Gasteiger partial charge on any atom is -0.310 e. The first kappa shape index (κ1) is 35.5. The van der Waals surface area contributed by atoms with E-state index in [1.54, 1.807) is 0 Å². The van der Waals surface area contributed by atoms with Crippen LogP contribution in [0, 0.1) is 0 Å². The molecule has 10 aromatic carbocycles. The van der Waals surface area contributed by atoms with Gasteiger partial charge in [-0.1, -0.05) is 188 Å². The van der Waals surface area contributed by atoms with Gasteiger partial charge in [0.25, 0.3) is 0 Å². The van der Waals surface area contributed by atoms with Crippen molar-refractivity contribution in [1.82, 2.24) is 4.57 Å². The van der Waals surface area contributed by atoms with Gasteiger partial charge in [0.15, 0.2) is 0 Å². The third-order valence-electron chi connectivity index (χ3n) is 13.6. The molecule has 0 aliphatic heterocycles. The highest BCUT2D eigenvalue weighted by molar-refractivity contribution is 6.10. The van der Waals surface area contributed by atoms with E-state index in [-0.39, 0.29) is 0 Å². The lowest BCUT2D eigenvalue weighted by Crippen LogP contribution is -2.26. The van der Waals surface area contributed by atoms with E-state index < -0.39 is 5.41 Å². The fourth-order valence-electron chi connectivity index (χ4n) is 11.0. The summed E-state index contributed by atoms with van der Waals surface area (Å²) in [5, 5.41) is 2.49. The number of nitrogens with zero attached hydrogens (tertiary/aromatic N) is 2. The van der Waals surface area contributed by atoms with Crippen molar-refractivity contribution in [2.75, 3.05) is 4.90 Å². The first-order chi connectivity index (χ1) is 31.3. The average molecular weight is 801 g/mol. The van der Waals surface area contributed by atoms with E-state index in [2.05, 4.69) is 252 Å². The number of anilines is 3. The fraction of sp³-hybridized carbons (Fsp3) is 0.0164. The Morgan fingerprint density at radius 2 is 0.794 bits per heavy atom. The minimum absolute atomic E-state index is 0.451. The van der Waals surface area contributed by atoms with Crippen LogP contribution < -0.4 is 4.90 Å². The van der Waals surface area contributed by atoms with Crippen LogP contribution >= 0.6 is 0 Å². The monoisotopic (exact) mass is 800 g/mol. The Morgan fingerprint density at radius 1 is 0.302 bits per heavy atom. The van der Waals surface area contributed by atoms with Gasteiger partial charge in [-0.25, -0.2) is 0 Å². The van der Waals surface area contributed by atoms with Crippen molar-refractivity contribution < 1.29 is 0 Å². The summed E-state index contributed by atoms with van der Waals surface area (Å²) in [4.78, 5) is 2.48. The summed E-state index contributed by atoms with van der Waals surface area (Å²) in [6.07, 6.45) is 0. The van der Waals surface area contributed by atoms with Crippen LogP contribution in [0.15, 0.2) is 243 Å². The molecule has 0 fully saturated rings. The van der Waals surface area contributed by atoms with Crippen molar-refractivity contribution in [2.45, 2.75) is 5.41 Å². The first-order valence-corrected chi connectivity index (χ1v) is 21.8. The maximum Gasteiger partial charge on any atom is 0.0726 e. The molecule has 0 unspecified atom stereocenters. The lowest BCUT2D eigenvalue weighted by Gasteiger charge is -2.32. The van der Waals surface area contributed by atoms with Gasteiger partial charge < -0.3 is 9.47 Å². The van der Waals surface area contributed by atoms with Crippen LogP contribution in [0.25, 0.3) is 72.0 Å². The summed E-state index contributed by atoms with van der Waals surface area (Å²) >= 11 is 0. The molecule has 1 aromatic heterocycles. The maximum atomic E-state index is 2.49. The largest absolute Gasteiger partial charge is 0.310 e. The predicted molar refractivity (Wildman–Crippen MR) is 263 cm³/mol. The number of fused-ring (bicyclic) bond motifs is 13. The van der Waals surface area contributed by atoms with E-state index in [0.29, 0.717) is 0 Å². The predicted octanol–water partition coefficient (Wildman–Crippen LogP) is 15.9. The molecule has 2 nitrogen and oxygen atoms in total. The second-order valence-corrected chi connectivity index (χ2v) is 16.8. The second-order valence-electron chi connectivity index (χ2n) is 16.8. The third kappa shape index (κ3) is 5.19. The molecule has 1 spiro atoms. The van der Waals surface area contributed by atoms with Crippen LogP contribution in [0.2, 0.25) is 0 Å². The topological polar surface area (TPSA) is 8.17 Å². The van der Waals surface area contributed by atoms with E-state index in [1.165, 1.54) is 77.4 Å². The highest BCUT2D eigenvalue weighted by atomic mass is 15.1. The molecule has 13 rings (SSSR count). The van der Waals surface area contributed by atoms with Gasteiger partial charge in [0, 0.05) is 33.4 Å². The fourth-order valence-corrected chi connectivity index (χ4v) is 11.0. The van der Waals surface area contributed by atoms with Crippen molar-refractivity contribution in [1.29, 1.82) is 0 Å². The van der Waals surface area contributed by atoms with Gasteiger partial charge in [-0.05, 0) is 116 Å². The minimum atomic E-state index is -0.451. The van der Waals surface area contributed by atoms with Crippen LogP contribution in [-0.2, 0) is 5.41 Å². The molecule has 0 amide bonds. The molecule has 2 heteroatoms. The highest BCUT2D eigenvalue weighted by Gasteiger charge is 2.51. The molecule has 294 valence electrons. The zero-order chi connectivity index (χ0) is 41.5. The standard InChI is InChI=1S/C61H40N2/c1-3-17-41(18-4-1)42-31-34-45(35-32-42)62(58-29-15-10-21-47(58)43-33-37-53-52-25-11-16-30-59(52)63(60(53)39-43)44-19-5-2-6-20-44)46-36-38-51-50-24-9-14-28-56(50)61(57(51)40-46)54-26-12-7-22-48(54)49-23-8-13-27-55(49)61/h1-40H. The molecule has 2 aliphatic rings. The molecule has 0 N–H and O–H groups in total. The van der Waals surface area contributed by atoms with Crippen molar-refractivity contribution in [3.05, 3.63) is 265 Å². The average Bonchev–Trinajstić information content (AvgIpc) is 3.96. The number of rotatable bonds is 6. The van der Waals surface area contributed by atoms with Crippen molar-refractivity contribution in [3.8, 4) is 50.2 Å². The van der Waals surface area contributed by atoms with E-state index in [9.17, 15) is 0 Å². The first-order valence-electron chi connectivity index (χ1n) is 21.8. The SMILES string of the molecule is c1ccc(-c2ccc(N(c3ccc4c(c3)C3(c5ccccc5-c5ccccc53)c3ccccc3-4)c3ccccc3-c3ccc4c5ccccc5n(-c5ccccc5)c4c3)cc2)cc1. The molecule has 0 saturated carbocycles. The molecule has 0 atom stereocenters. The maximum absolute atomic E-state index is 2.49. The molecule has 2 aliphatic carbocycles. The third-order valence-corrected chi connectivity index (χ3v) is 13.6. The van der Waals surface area contributed by atoms with Gasteiger partial charge in [0.2, 0.25) is 0 Å². The number of para-hydroxylation sites is 3. The number of hydrogen-bond acceptors (Lipinski definition) is 1. The summed E-state index contributed by atoms with van der Waals surface area (Å²) in [5.41, 5.74) is 21.7. The Labute approximate surface area is 367 Å². The van der Waals surface area contributed by atoms with Gasteiger partial charge in [-0.3, -0.25) is 0 Å². The van der Waals surface area contributed by atoms with Gasteiger partial charge in [-0.15, -0.1) is 0 Å². The molecular formula is C61H40N2. The molecule has 1 heterocycles. The van der Waals surface area contributed by atoms with Crippen molar-refractivity contribution in [2.24, 2.45) is 0 Å². The zero-order valence-electron chi connectivity index (χ0n) is 34.5. The van der Waals surface area contributed by atoms with Crippen molar-refractivity contribution in [3.63, 3.8) is 0 Å². The second kappa shape index (κ2) is 13.9. The van der Waals surface area contributed by atoms with Crippen LogP contribution in [0.4, 0.5) is 17.1 Å². The van der Waals surface area contributed by atoms with E-state index in [1.807, 2.05) is 0 Å². The number of benzene rings is 10. The molecular weight excluding hydrogens is 761 g/mol. The van der Waals surface area contributed by atoms with E-state index in [0.717, 1.165) is 33.9 Å². The van der Waals surface area contributed by atoms with Crippen LogP contribution in [0.5, 0.6) is 0 Å². The number of hydrogen-bond donors (Lipinski definition) is 0. The summed E-state index contributed by atoms with van der Waals surface area (Å²) in [7, 11) is 0. The van der Waals surface area contributed by atoms with Crippen LogP contribution in [0.3, 0.4) is 0 Å². The van der Waals surface area contributed by atoms with Gasteiger partial charge in [-0.2, -0.15) is 0 Å². The quantitative estimate of drug-likeness (QED) is 0.163. The highest BCUT2D eigenvalue weighted by Crippen LogP contribution is 2.63. The molecule has 63 heavy (non-hydrogen) atoms. The lowest BCUT2D eigenvalue weighted by atomic mass is 9.70. The van der Waals surface area contributed by atoms with E-state index >= 15 is 0 Å². The van der Waals surface area contributed by atoms with Gasteiger partial charge in [0.05, 0.1) is 22.1 Å². The Balaban J connectivity index is 1.05. The summed E-state index contributed by atoms with van der Waals surface area (Å²) in [6.45, 7) is 0. The lowest BCUT2D eigenvalue weighted by molar-refractivity contribution is 0.793. The Morgan fingerprint density at radius 3 is 1.48 bits per heavy atom. The molecule has 0 saturated heterocycles. The Bertz CT molecular complexity index is 3500. The number of aromatic nitrogens is 1. The smallest absolute Gasteiger partial charge is 0.0726 e. The summed E-state index contributed by atoms with van der Waals surface area (Å²) in [6, 6.07) is 89.5. The van der Waals surface area contributed by atoms with Crippen molar-refractivity contribution >= 4 is 38.9 Å². The zero-order valence-corrected chi connectivity index (χ0v) is 34.5. The normalized spacial score (nSPS) is 12.9. The van der Waals surface area contributed by atoms with Gasteiger partial charge in [0.1, 0.15) is 0 Å². The summed E-state index contributed by atoms with van der Waals surface area (Å²) in [5.74, 6) is 0. The van der Waals surface area contributed by atoms with Gasteiger partial charge >= 0.3 is 0 Å². The Kier molecular flexibility index (Phi) is 7.85. The van der Waals surface area contributed by atoms with E-state index in [4.69, 9.17) is 0 Å². The van der Waals surface area contributed by atoms with Crippen LogP contribution in [0.1, 0.15) is 22.3 Å². The molecule has 0 radical (unpaired) electrons. The Hall–Kier alpha value is -8.20. The summed E-state index contributed by atoms with van der Waals surface area (Å²) < 4.78 is 2.41.